The van der Waals surface area contributed by atoms with Crippen LogP contribution in [0.15, 0.2) is 36.5 Å². The molecule has 0 aliphatic carbocycles. The molecule has 84 valence electrons. The van der Waals surface area contributed by atoms with Crippen LogP contribution in [0.25, 0.3) is 16.6 Å². The quantitative estimate of drug-likeness (QED) is 0.488. The summed E-state index contributed by atoms with van der Waals surface area (Å²) in [6.45, 7) is 0. The van der Waals surface area contributed by atoms with E-state index < -0.39 is 0 Å². The minimum atomic E-state index is 0.437. The number of hydrogen-bond donors (Lipinski definition) is 1. The van der Waals surface area contributed by atoms with Crippen molar-refractivity contribution in [3.05, 3.63) is 50.6 Å². The summed E-state index contributed by atoms with van der Waals surface area (Å²) < 4.78 is 2.71. The van der Waals surface area contributed by atoms with Crippen molar-refractivity contribution in [2.75, 3.05) is 0 Å². The maximum absolute atomic E-state index is 8.22. The van der Waals surface area contributed by atoms with Gasteiger partial charge in [0.05, 0.1) is 10.9 Å². The predicted molar refractivity (Wildman–Crippen MR) is 76.3 cm³/mol. The highest BCUT2D eigenvalue weighted by Gasteiger charge is 2.07. The van der Waals surface area contributed by atoms with Gasteiger partial charge in [-0.2, -0.15) is 0 Å². The number of nitrogens with zero attached hydrogens (tertiary/aromatic N) is 2. The number of hydrogen-bond acceptors (Lipinski definition) is 2. The molecule has 0 saturated heterocycles. The van der Waals surface area contributed by atoms with Crippen molar-refractivity contribution in [1.82, 2.24) is 9.38 Å². The number of fused-ring (bicyclic) bond motifs is 2. The summed E-state index contributed by atoms with van der Waals surface area (Å²) in [5.74, 6) is 0. The largest absolute Gasteiger partial charge is 0.286 e. The van der Waals surface area contributed by atoms with Crippen LogP contribution in [0, 0.1) is 8.98 Å². The molecule has 0 saturated carbocycles. The molecule has 1 aromatic carbocycles. The van der Waals surface area contributed by atoms with Gasteiger partial charge >= 0.3 is 0 Å². The number of pyridine rings is 1. The molecule has 0 unspecified atom stereocenters. The monoisotopic (exact) mass is 355 g/mol. The second-order valence-electron chi connectivity index (χ2n) is 3.67. The van der Waals surface area contributed by atoms with Gasteiger partial charge in [0.25, 0.3) is 0 Å². The Kier molecular flexibility index (Phi) is 2.56. The number of benzene rings is 1. The number of rotatable bonds is 0. The van der Waals surface area contributed by atoms with Gasteiger partial charge < -0.3 is 0 Å². The van der Waals surface area contributed by atoms with Crippen molar-refractivity contribution in [1.29, 1.82) is 5.41 Å². The third kappa shape index (κ3) is 1.71. The van der Waals surface area contributed by atoms with Gasteiger partial charge in [0.1, 0.15) is 11.1 Å². The van der Waals surface area contributed by atoms with Crippen molar-refractivity contribution in [3.63, 3.8) is 0 Å². The average Bonchev–Trinajstić information content (AvgIpc) is 2.28. The van der Waals surface area contributed by atoms with E-state index in [2.05, 4.69) is 27.6 Å². The van der Waals surface area contributed by atoms with Crippen LogP contribution in [0.1, 0.15) is 0 Å². The Balaban J connectivity index is 2.64. The van der Waals surface area contributed by atoms with Crippen molar-refractivity contribution < 1.29 is 0 Å². The molecule has 1 N–H and O–H groups in total. The van der Waals surface area contributed by atoms with E-state index in [1.807, 2.05) is 30.5 Å². The maximum Gasteiger partial charge on any atom is 0.141 e. The first-order valence-corrected chi connectivity index (χ1v) is 6.43. The summed E-state index contributed by atoms with van der Waals surface area (Å²) in [5.41, 5.74) is 1.95. The molecule has 0 aliphatic heterocycles. The van der Waals surface area contributed by atoms with E-state index in [0.29, 0.717) is 10.5 Å². The lowest BCUT2D eigenvalue weighted by Gasteiger charge is -2.06. The van der Waals surface area contributed by atoms with Crippen LogP contribution in [0.5, 0.6) is 0 Å². The summed E-state index contributed by atoms with van der Waals surface area (Å²) in [6.07, 6.45) is 1.84. The smallest absolute Gasteiger partial charge is 0.141 e. The zero-order valence-electron chi connectivity index (χ0n) is 8.61. The molecule has 3 nitrogen and oxygen atoms in total. The Morgan fingerprint density at radius 3 is 2.94 bits per heavy atom. The first-order valence-electron chi connectivity index (χ1n) is 4.97. The second kappa shape index (κ2) is 3.96. The SMILES string of the molecule is N=c1c2c(I)cc(Cl)cc2nc2ccccn12. The lowest BCUT2D eigenvalue weighted by molar-refractivity contribution is 1.00. The van der Waals surface area contributed by atoms with E-state index in [-0.39, 0.29) is 0 Å². The first-order chi connectivity index (χ1) is 8.16. The van der Waals surface area contributed by atoms with Crippen molar-refractivity contribution in [2.24, 2.45) is 0 Å². The van der Waals surface area contributed by atoms with Crippen molar-refractivity contribution >= 4 is 50.7 Å². The summed E-state index contributed by atoms with van der Waals surface area (Å²) >= 11 is 8.20. The number of aromatic nitrogens is 2. The minimum absolute atomic E-state index is 0.437. The lowest BCUT2D eigenvalue weighted by atomic mass is 10.2. The Morgan fingerprint density at radius 1 is 1.29 bits per heavy atom. The van der Waals surface area contributed by atoms with E-state index in [1.165, 1.54) is 0 Å². The molecule has 0 spiro atoms. The number of nitrogens with one attached hydrogen (secondary N) is 1. The van der Waals surface area contributed by atoms with E-state index >= 15 is 0 Å². The van der Waals surface area contributed by atoms with Crippen LogP contribution in [0.4, 0.5) is 0 Å². The molecule has 0 radical (unpaired) electrons. The van der Waals surface area contributed by atoms with Crippen LogP contribution in [0.2, 0.25) is 5.02 Å². The minimum Gasteiger partial charge on any atom is -0.286 e. The topological polar surface area (TPSA) is 41.2 Å². The standard InChI is InChI=1S/C12H7ClIN3/c13-7-5-8(14)11-9(6-7)16-10-3-1-2-4-17(10)12(11)15/h1-6,15H. The predicted octanol–water partition coefficient (Wildman–Crippen LogP) is 3.22. The molecule has 2 aromatic heterocycles. The maximum atomic E-state index is 8.22. The van der Waals surface area contributed by atoms with Crippen LogP contribution >= 0.6 is 34.2 Å². The molecule has 0 fully saturated rings. The summed E-state index contributed by atoms with van der Waals surface area (Å²) in [7, 11) is 0. The first kappa shape index (κ1) is 11.0. The zero-order valence-corrected chi connectivity index (χ0v) is 11.5. The normalized spacial score (nSPS) is 11.2. The zero-order chi connectivity index (χ0) is 12.0. The highest BCUT2D eigenvalue weighted by atomic mass is 127. The van der Waals surface area contributed by atoms with Gasteiger partial charge in [-0.3, -0.25) is 9.81 Å². The Hall–Kier alpha value is -1.14. The summed E-state index contributed by atoms with van der Waals surface area (Å²) in [5, 5.41) is 9.70. The second-order valence-corrected chi connectivity index (χ2v) is 5.27. The molecule has 17 heavy (non-hydrogen) atoms. The molecule has 3 aromatic rings. The summed E-state index contributed by atoms with van der Waals surface area (Å²) in [6, 6.07) is 9.32. The van der Waals surface area contributed by atoms with Crippen molar-refractivity contribution in [2.45, 2.75) is 0 Å². The highest BCUT2D eigenvalue weighted by molar-refractivity contribution is 14.1. The van der Waals surface area contributed by atoms with Crippen molar-refractivity contribution in [3.8, 4) is 0 Å². The van der Waals surface area contributed by atoms with Gasteiger partial charge in [-0.1, -0.05) is 17.7 Å². The third-order valence-corrected chi connectivity index (χ3v) is 3.65. The molecule has 0 atom stereocenters. The average molecular weight is 356 g/mol. The van der Waals surface area contributed by atoms with E-state index in [4.69, 9.17) is 17.0 Å². The van der Waals surface area contributed by atoms with E-state index in [0.717, 1.165) is 20.1 Å². The molecule has 0 bridgehead atoms. The fraction of sp³-hybridized carbons (Fsp3) is 0. The number of halogens is 2. The highest BCUT2D eigenvalue weighted by Crippen LogP contribution is 2.21. The fourth-order valence-corrected chi connectivity index (χ4v) is 3.10. The van der Waals surface area contributed by atoms with Crippen LogP contribution < -0.4 is 5.49 Å². The van der Waals surface area contributed by atoms with Crippen LogP contribution in [-0.2, 0) is 0 Å². The van der Waals surface area contributed by atoms with Gasteiger partial charge in [-0.05, 0) is 46.9 Å². The van der Waals surface area contributed by atoms with Crippen LogP contribution in [0.3, 0.4) is 0 Å². The van der Waals surface area contributed by atoms with E-state index in [1.54, 1.807) is 10.5 Å². The molecular weight excluding hydrogens is 349 g/mol. The molecular formula is C12H7ClIN3. The lowest BCUT2D eigenvalue weighted by Crippen LogP contribution is -2.16. The van der Waals surface area contributed by atoms with Gasteiger partial charge in [0.2, 0.25) is 0 Å². The summed E-state index contributed by atoms with van der Waals surface area (Å²) in [4.78, 5) is 4.51. The molecule has 5 heteroatoms. The van der Waals surface area contributed by atoms with Gasteiger partial charge in [0, 0.05) is 14.8 Å². The van der Waals surface area contributed by atoms with Gasteiger partial charge in [-0.25, -0.2) is 4.98 Å². The molecule has 0 aliphatic rings. The molecule has 2 heterocycles. The third-order valence-electron chi connectivity index (χ3n) is 2.59. The van der Waals surface area contributed by atoms with Gasteiger partial charge in [-0.15, -0.1) is 0 Å². The Bertz CT molecular complexity index is 795. The Morgan fingerprint density at radius 2 is 2.12 bits per heavy atom. The molecule has 0 amide bonds. The fourth-order valence-electron chi connectivity index (χ4n) is 1.84. The van der Waals surface area contributed by atoms with E-state index in [9.17, 15) is 0 Å². The van der Waals surface area contributed by atoms with Gasteiger partial charge in [0.15, 0.2) is 0 Å². The van der Waals surface area contributed by atoms with Crippen LogP contribution in [-0.4, -0.2) is 9.38 Å². The Labute approximate surface area is 116 Å². The molecule has 3 rings (SSSR count).